The maximum atomic E-state index is 11.7. The van der Waals surface area contributed by atoms with Crippen LogP contribution in [-0.4, -0.2) is 4.57 Å². The normalized spacial score (nSPS) is 12.7. The Morgan fingerprint density at radius 2 is 1.81 bits per heavy atom. The van der Waals surface area contributed by atoms with Gasteiger partial charge in [0.1, 0.15) is 5.76 Å². The van der Waals surface area contributed by atoms with Gasteiger partial charge in [0, 0.05) is 0 Å². The average Bonchev–Trinajstić information content (AvgIpc) is 2.54. The molecule has 1 aromatic carbocycles. The topological polar surface area (TPSA) is 35.1 Å². The van der Waals surface area contributed by atoms with Crippen LogP contribution < -0.4 is 5.76 Å². The van der Waals surface area contributed by atoms with Crippen molar-refractivity contribution < 1.29 is 4.42 Å². The Hall–Kier alpha value is -1.77. The zero-order valence-corrected chi connectivity index (χ0v) is 9.73. The van der Waals surface area contributed by atoms with Crippen LogP contribution in [0, 0.1) is 13.8 Å². The number of benzene rings is 1. The maximum absolute atomic E-state index is 11.7. The maximum Gasteiger partial charge on any atom is 0.419 e. The van der Waals surface area contributed by atoms with Gasteiger partial charge in [0.05, 0.1) is 11.7 Å². The van der Waals surface area contributed by atoms with Crippen LogP contribution in [0.2, 0.25) is 0 Å². The lowest BCUT2D eigenvalue weighted by Gasteiger charge is -2.13. The van der Waals surface area contributed by atoms with Gasteiger partial charge in [-0.1, -0.05) is 30.3 Å². The fraction of sp³-hybridized carbons (Fsp3) is 0.308. The molecule has 0 bridgehead atoms. The number of oxazole rings is 1. The largest absolute Gasteiger partial charge is 0.419 e. The summed E-state index contributed by atoms with van der Waals surface area (Å²) in [7, 11) is 0. The van der Waals surface area contributed by atoms with Crippen molar-refractivity contribution in [1.29, 1.82) is 0 Å². The van der Waals surface area contributed by atoms with Gasteiger partial charge < -0.3 is 4.42 Å². The van der Waals surface area contributed by atoms with Crippen LogP contribution in [-0.2, 0) is 0 Å². The number of nitrogens with zero attached hydrogens (tertiary/aromatic N) is 1. The molecule has 1 heterocycles. The van der Waals surface area contributed by atoms with Gasteiger partial charge in [0.15, 0.2) is 0 Å². The fourth-order valence-electron chi connectivity index (χ4n) is 1.89. The Kier molecular flexibility index (Phi) is 2.69. The van der Waals surface area contributed by atoms with E-state index in [1.807, 2.05) is 51.1 Å². The fourth-order valence-corrected chi connectivity index (χ4v) is 1.89. The molecule has 1 atom stereocenters. The van der Waals surface area contributed by atoms with Gasteiger partial charge in [-0.3, -0.25) is 4.57 Å². The van der Waals surface area contributed by atoms with Crippen molar-refractivity contribution in [2.45, 2.75) is 26.8 Å². The van der Waals surface area contributed by atoms with E-state index < -0.39 is 0 Å². The standard InChI is InChI=1S/C13H15NO2/c1-9-11(3)16-13(15)14(9)10(2)12-7-5-4-6-8-12/h4-8,10H,1-3H3. The molecule has 0 aliphatic rings. The van der Waals surface area contributed by atoms with Gasteiger partial charge in [-0.15, -0.1) is 0 Å². The van der Waals surface area contributed by atoms with E-state index in [4.69, 9.17) is 4.42 Å². The second kappa shape index (κ2) is 4.00. The van der Waals surface area contributed by atoms with Gasteiger partial charge in [0.25, 0.3) is 0 Å². The highest BCUT2D eigenvalue weighted by molar-refractivity contribution is 5.21. The molecule has 3 heteroatoms. The molecule has 0 saturated heterocycles. The zero-order valence-electron chi connectivity index (χ0n) is 9.73. The summed E-state index contributed by atoms with van der Waals surface area (Å²) in [5, 5.41) is 0. The summed E-state index contributed by atoms with van der Waals surface area (Å²) < 4.78 is 6.78. The third-order valence-corrected chi connectivity index (χ3v) is 2.98. The van der Waals surface area contributed by atoms with E-state index >= 15 is 0 Å². The molecule has 0 N–H and O–H groups in total. The Morgan fingerprint density at radius 1 is 1.19 bits per heavy atom. The summed E-state index contributed by atoms with van der Waals surface area (Å²) in [6.07, 6.45) is 0. The van der Waals surface area contributed by atoms with Crippen LogP contribution in [0.3, 0.4) is 0 Å². The van der Waals surface area contributed by atoms with Crippen molar-refractivity contribution in [2.24, 2.45) is 0 Å². The first kappa shape index (κ1) is 10.7. The molecule has 0 radical (unpaired) electrons. The van der Waals surface area contributed by atoms with Crippen LogP contribution >= 0.6 is 0 Å². The second-order valence-corrected chi connectivity index (χ2v) is 3.97. The predicted molar refractivity (Wildman–Crippen MR) is 62.7 cm³/mol. The zero-order chi connectivity index (χ0) is 11.7. The Morgan fingerprint density at radius 3 is 2.31 bits per heavy atom. The molecule has 0 saturated carbocycles. The Labute approximate surface area is 94.3 Å². The van der Waals surface area contributed by atoms with E-state index in [-0.39, 0.29) is 11.8 Å². The molecule has 16 heavy (non-hydrogen) atoms. The minimum Gasteiger partial charge on any atom is -0.413 e. The Bertz CT molecular complexity index is 537. The summed E-state index contributed by atoms with van der Waals surface area (Å²) in [4.78, 5) is 11.7. The highest BCUT2D eigenvalue weighted by Crippen LogP contribution is 2.18. The predicted octanol–water partition coefficient (Wildman–Crippen LogP) is 2.67. The van der Waals surface area contributed by atoms with Crippen LogP contribution in [0.15, 0.2) is 39.5 Å². The van der Waals surface area contributed by atoms with Crippen molar-refractivity contribution in [1.82, 2.24) is 4.57 Å². The first-order valence-electron chi connectivity index (χ1n) is 5.34. The van der Waals surface area contributed by atoms with Gasteiger partial charge in [0.2, 0.25) is 0 Å². The minimum absolute atomic E-state index is 0.00569. The summed E-state index contributed by atoms with van der Waals surface area (Å²) in [5.41, 5.74) is 2.00. The number of hydrogen-bond donors (Lipinski definition) is 0. The second-order valence-electron chi connectivity index (χ2n) is 3.97. The van der Waals surface area contributed by atoms with E-state index in [1.165, 1.54) is 0 Å². The smallest absolute Gasteiger partial charge is 0.413 e. The van der Waals surface area contributed by atoms with Crippen LogP contribution in [0.5, 0.6) is 0 Å². The molecule has 1 aromatic heterocycles. The van der Waals surface area contributed by atoms with Gasteiger partial charge in [-0.25, -0.2) is 4.79 Å². The van der Waals surface area contributed by atoms with Crippen LogP contribution in [0.1, 0.15) is 30.0 Å². The molecule has 1 unspecified atom stereocenters. The highest BCUT2D eigenvalue weighted by Gasteiger charge is 2.16. The highest BCUT2D eigenvalue weighted by atomic mass is 16.4. The molecule has 3 nitrogen and oxygen atoms in total. The summed E-state index contributed by atoms with van der Waals surface area (Å²) in [6, 6.07) is 9.94. The summed E-state index contributed by atoms with van der Waals surface area (Å²) >= 11 is 0. The Balaban J connectivity index is 2.50. The third-order valence-electron chi connectivity index (χ3n) is 2.98. The minimum atomic E-state index is -0.286. The first-order valence-corrected chi connectivity index (χ1v) is 5.34. The molecule has 84 valence electrons. The monoisotopic (exact) mass is 217 g/mol. The summed E-state index contributed by atoms with van der Waals surface area (Å²) in [6.45, 7) is 5.71. The van der Waals surface area contributed by atoms with Crippen molar-refractivity contribution in [3.63, 3.8) is 0 Å². The molecule has 0 aliphatic carbocycles. The SMILES string of the molecule is Cc1oc(=O)n(C(C)c2ccccc2)c1C. The van der Waals surface area contributed by atoms with Gasteiger partial charge >= 0.3 is 5.76 Å². The molecule has 0 aliphatic heterocycles. The van der Waals surface area contributed by atoms with Crippen LogP contribution in [0.4, 0.5) is 0 Å². The first-order chi connectivity index (χ1) is 7.61. The van der Waals surface area contributed by atoms with E-state index in [1.54, 1.807) is 4.57 Å². The van der Waals surface area contributed by atoms with E-state index in [9.17, 15) is 4.79 Å². The van der Waals surface area contributed by atoms with Crippen molar-refractivity contribution in [3.05, 3.63) is 57.9 Å². The van der Waals surface area contributed by atoms with Crippen molar-refractivity contribution in [2.75, 3.05) is 0 Å². The third kappa shape index (κ3) is 1.69. The van der Waals surface area contributed by atoms with Gasteiger partial charge in [-0.05, 0) is 26.3 Å². The molecule has 0 fully saturated rings. The molecule has 0 spiro atoms. The van der Waals surface area contributed by atoms with Crippen molar-refractivity contribution in [3.8, 4) is 0 Å². The molecular formula is C13H15NO2. The van der Waals surface area contributed by atoms with Crippen molar-refractivity contribution >= 4 is 0 Å². The number of rotatable bonds is 2. The lowest BCUT2D eigenvalue weighted by atomic mass is 10.1. The lowest BCUT2D eigenvalue weighted by Crippen LogP contribution is -2.20. The quantitative estimate of drug-likeness (QED) is 0.775. The summed E-state index contributed by atoms with van der Waals surface area (Å²) in [5.74, 6) is 0.402. The van der Waals surface area contributed by atoms with Crippen LogP contribution in [0.25, 0.3) is 0 Å². The van der Waals surface area contributed by atoms with E-state index in [0.717, 1.165) is 11.3 Å². The average molecular weight is 217 g/mol. The van der Waals surface area contributed by atoms with Gasteiger partial charge in [-0.2, -0.15) is 0 Å². The molecule has 2 rings (SSSR count). The van der Waals surface area contributed by atoms with E-state index in [0.29, 0.717) is 5.76 Å². The number of hydrogen-bond acceptors (Lipinski definition) is 2. The number of aryl methyl sites for hydroxylation is 1. The lowest BCUT2D eigenvalue weighted by molar-refractivity contribution is 0.449. The number of aromatic nitrogens is 1. The molecule has 2 aromatic rings. The van der Waals surface area contributed by atoms with E-state index in [2.05, 4.69) is 0 Å². The molecule has 0 amide bonds. The molecular weight excluding hydrogens is 202 g/mol.